The van der Waals surface area contributed by atoms with Gasteiger partial charge in [-0.25, -0.2) is 12.8 Å². The fourth-order valence-corrected chi connectivity index (χ4v) is 7.90. The molecule has 6 rings (SSSR count). The number of benzene rings is 1. The number of Topliss-reactive ketones (excluding diaryl/α,β-unsaturated/α-hetero) is 1. The highest BCUT2D eigenvalue weighted by molar-refractivity contribution is 7.92. The van der Waals surface area contributed by atoms with Crippen LogP contribution in [0, 0.1) is 17.2 Å². The number of halogens is 1. The van der Waals surface area contributed by atoms with Crippen LogP contribution < -0.4 is 0 Å². The summed E-state index contributed by atoms with van der Waals surface area (Å²) in [5, 5.41) is 7.21. The van der Waals surface area contributed by atoms with Crippen molar-refractivity contribution in [1.29, 1.82) is 0 Å². The maximum atomic E-state index is 14.2. The van der Waals surface area contributed by atoms with Gasteiger partial charge in [0.25, 0.3) is 0 Å². The van der Waals surface area contributed by atoms with E-state index in [0.29, 0.717) is 31.4 Å². The molecule has 1 fully saturated rings. The maximum Gasteiger partial charge on any atom is 0.201 e. The Kier molecular flexibility index (Phi) is 5.59. The molecule has 0 amide bonds. The van der Waals surface area contributed by atoms with Crippen molar-refractivity contribution >= 4 is 15.6 Å². The molecule has 190 valence electrons. The lowest BCUT2D eigenvalue weighted by Crippen LogP contribution is -2.51. The highest BCUT2D eigenvalue weighted by Gasteiger charge is 2.55. The summed E-state index contributed by atoms with van der Waals surface area (Å²) in [5.74, 6) is -0.471. The first kappa shape index (κ1) is 23.7. The molecular formula is C27H26FN5O3S. The largest absolute Gasteiger partial charge is 0.321 e. The van der Waals surface area contributed by atoms with Crippen LogP contribution in [0.2, 0.25) is 0 Å². The highest BCUT2D eigenvalue weighted by atomic mass is 32.2. The summed E-state index contributed by atoms with van der Waals surface area (Å²) in [6.45, 7) is 0. The van der Waals surface area contributed by atoms with E-state index in [1.807, 2.05) is 16.8 Å². The van der Waals surface area contributed by atoms with E-state index in [2.05, 4.69) is 15.2 Å². The van der Waals surface area contributed by atoms with Crippen molar-refractivity contribution in [3.05, 3.63) is 89.9 Å². The Hall–Kier alpha value is -3.66. The Balaban J connectivity index is 1.43. The standard InChI is InChI=1S/C27H26FN5O3S/c1-32-30-17-25(31-32)37(35,36)22-10-5-19-14-24-18(11-13-33(24)21-8-6-20(28)7-9-21)15-27(19,16-22)26(34)23-4-2-3-12-29-23/h2-4,6-9,11-13,17,19,22H,5,10,14-16H2,1H3/t19?,22-,27-/m0/s1. The lowest BCUT2D eigenvalue weighted by Gasteiger charge is -2.48. The fraction of sp³-hybridized carbons (Fsp3) is 0.333. The molecule has 0 N–H and O–H groups in total. The van der Waals surface area contributed by atoms with Gasteiger partial charge in [-0.1, -0.05) is 6.07 Å². The van der Waals surface area contributed by atoms with Gasteiger partial charge >= 0.3 is 0 Å². The maximum absolute atomic E-state index is 14.2. The molecule has 3 atom stereocenters. The molecule has 0 saturated heterocycles. The predicted octanol–water partition coefficient (Wildman–Crippen LogP) is 3.75. The minimum Gasteiger partial charge on any atom is -0.321 e. The number of nitrogens with zero attached hydrogens (tertiary/aromatic N) is 5. The minimum atomic E-state index is -3.77. The molecule has 10 heteroatoms. The number of hydrogen-bond acceptors (Lipinski definition) is 6. The van der Waals surface area contributed by atoms with Crippen LogP contribution in [0.3, 0.4) is 0 Å². The summed E-state index contributed by atoms with van der Waals surface area (Å²) >= 11 is 0. The average Bonchev–Trinajstić information content (AvgIpc) is 3.53. The SMILES string of the molecule is Cn1ncc(S(=O)(=O)[C@H]2CCC3Cc4c(ccn4-c4ccc(F)cc4)C[C@]3(C(=O)c3ccccn3)C2)n1. The third-order valence-electron chi connectivity index (χ3n) is 8.01. The third kappa shape index (κ3) is 3.90. The number of pyridine rings is 1. The molecular weight excluding hydrogens is 493 g/mol. The summed E-state index contributed by atoms with van der Waals surface area (Å²) in [6, 6.07) is 13.6. The molecule has 3 heterocycles. The molecule has 0 radical (unpaired) electrons. The van der Waals surface area contributed by atoms with Crippen molar-refractivity contribution in [2.24, 2.45) is 18.4 Å². The van der Waals surface area contributed by atoms with Gasteiger partial charge in [0.1, 0.15) is 11.5 Å². The fourth-order valence-electron chi connectivity index (χ4n) is 6.17. The van der Waals surface area contributed by atoms with E-state index in [1.54, 1.807) is 43.6 Å². The number of fused-ring (bicyclic) bond motifs is 2. The zero-order valence-electron chi connectivity index (χ0n) is 20.3. The van der Waals surface area contributed by atoms with Crippen molar-refractivity contribution < 1.29 is 17.6 Å². The highest BCUT2D eigenvalue weighted by Crippen LogP contribution is 2.53. The Labute approximate surface area is 214 Å². The van der Waals surface area contributed by atoms with Crippen LogP contribution in [-0.2, 0) is 29.7 Å². The first-order valence-corrected chi connectivity index (χ1v) is 13.8. The van der Waals surface area contributed by atoms with Crippen molar-refractivity contribution in [2.75, 3.05) is 0 Å². The number of aromatic nitrogens is 5. The van der Waals surface area contributed by atoms with E-state index >= 15 is 0 Å². The van der Waals surface area contributed by atoms with E-state index in [1.165, 1.54) is 23.1 Å². The van der Waals surface area contributed by atoms with Gasteiger partial charge in [0, 0.05) is 36.2 Å². The third-order valence-corrected chi connectivity index (χ3v) is 10.1. The van der Waals surface area contributed by atoms with Crippen LogP contribution in [-0.4, -0.2) is 44.0 Å². The number of hydrogen-bond donors (Lipinski definition) is 0. The topological polar surface area (TPSA) is 99.7 Å². The molecule has 2 aliphatic carbocycles. The van der Waals surface area contributed by atoms with Gasteiger partial charge in [0.2, 0.25) is 9.84 Å². The van der Waals surface area contributed by atoms with E-state index in [9.17, 15) is 17.6 Å². The van der Waals surface area contributed by atoms with Crippen LogP contribution in [0.15, 0.2) is 72.1 Å². The second-order valence-corrected chi connectivity index (χ2v) is 12.2. The van der Waals surface area contributed by atoms with Crippen LogP contribution in [0.4, 0.5) is 4.39 Å². The first-order valence-electron chi connectivity index (χ1n) is 12.3. The van der Waals surface area contributed by atoms with Crippen LogP contribution >= 0.6 is 0 Å². The molecule has 4 aromatic rings. The second-order valence-electron chi connectivity index (χ2n) is 10.0. The van der Waals surface area contributed by atoms with Gasteiger partial charge < -0.3 is 4.57 Å². The summed E-state index contributed by atoms with van der Waals surface area (Å²) in [4.78, 5) is 19.7. The van der Waals surface area contributed by atoms with Crippen LogP contribution in [0.25, 0.3) is 5.69 Å². The Morgan fingerprint density at radius 2 is 1.92 bits per heavy atom. The molecule has 0 bridgehead atoms. The summed E-state index contributed by atoms with van der Waals surface area (Å²) < 4.78 is 42.7. The Morgan fingerprint density at radius 3 is 2.62 bits per heavy atom. The number of carbonyl (C=O) groups excluding carboxylic acids is 1. The molecule has 0 aliphatic heterocycles. The molecule has 1 saturated carbocycles. The lowest BCUT2D eigenvalue weighted by molar-refractivity contribution is 0.0487. The summed E-state index contributed by atoms with van der Waals surface area (Å²) in [7, 11) is -2.19. The van der Waals surface area contributed by atoms with Gasteiger partial charge in [-0.15, -0.1) is 5.10 Å². The average molecular weight is 520 g/mol. The quantitative estimate of drug-likeness (QED) is 0.373. The van der Waals surface area contributed by atoms with E-state index < -0.39 is 20.5 Å². The van der Waals surface area contributed by atoms with Gasteiger partial charge in [-0.05, 0) is 86.1 Å². The van der Waals surface area contributed by atoms with Crippen molar-refractivity contribution in [2.45, 2.75) is 42.4 Å². The molecule has 0 spiro atoms. The van der Waals surface area contributed by atoms with Crippen molar-refractivity contribution in [3.63, 3.8) is 0 Å². The first-order chi connectivity index (χ1) is 17.8. The van der Waals surface area contributed by atoms with Crippen molar-refractivity contribution in [1.82, 2.24) is 24.5 Å². The van der Waals surface area contributed by atoms with Gasteiger partial charge in [-0.3, -0.25) is 9.78 Å². The second kappa shape index (κ2) is 8.72. The van der Waals surface area contributed by atoms with Crippen LogP contribution in [0.1, 0.15) is 41.0 Å². The van der Waals surface area contributed by atoms with Gasteiger partial charge in [0.15, 0.2) is 10.8 Å². The van der Waals surface area contributed by atoms with Gasteiger partial charge in [0.05, 0.1) is 11.4 Å². The van der Waals surface area contributed by atoms with Gasteiger partial charge in [-0.2, -0.15) is 9.90 Å². The number of aryl methyl sites for hydroxylation is 1. The molecule has 1 unspecified atom stereocenters. The molecule has 37 heavy (non-hydrogen) atoms. The van der Waals surface area contributed by atoms with E-state index in [0.717, 1.165) is 16.9 Å². The number of sulfone groups is 1. The van der Waals surface area contributed by atoms with Crippen molar-refractivity contribution in [3.8, 4) is 5.69 Å². The summed E-state index contributed by atoms with van der Waals surface area (Å²) in [6.07, 6.45) is 7.07. The Morgan fingerprint density at radius 1 is 1.11 bits per heavy atom. The zero-order chi connectivity index (χ0) is 25.8. The lowest BCUT2D eigenvalue weighted by atomic mass is 9.56. The number of rotatable bonds is 5. The molecule has 8 nitrogen and oxygen atoms in total. The number of ketones is 1. The zero-order valence-corrected chi connectivity index (χ0v) is 21.1. The molecule has 1 aromatic carbocycles. The minimum absolute atomic E-state index is 0.0575. The monoisotopic (exact) mass is 519 g/mol. The van der Waals surface area contributed by atoms with E-state index in [-0.39, 0.29) is 29.0 Å². The predicted molar refractivity (Wildman–Crippen MR) is 133 cm³/mol. The van der Waals surface area contributed by atoms with Crippen LogP contribution in [0.5, 0.6) is 0 Å². The normalized spacial score (nSPS) is 23.3. The molecule has 3 aromatic heterocycles. The smallest absolute Gasteiger partial charge is 0.201 e. The van der Waals surface area contributed by atoms with E-state index in [4.69, 9.17) is 0 Å². The Bertz CT molecular complexity index is 1580. The summed E-state index contributed by atoms with van der Waals surface area (Å²) in [5.41, 5.74) is 2.38. The molecule has 2 aliphatic rings. The number of carbonyl (C=O) groups is 1.